The second-order valence-electron chi connectivity index (χ2n) is 4.55. The van der Waals surface area contributed by atoms with Gasteiger partial charge >= 0.3 is 5.69 Å². The van der Waals surface area contributed by atoms with E-state index in [1.54, 1.807) is 6.20 Å². The maximum Gasteiger partial charge on any atom is 0.330 e. The Morgan fingerprint density at radius 1 is 1.27 bits per heavy atom. The fourth-order valence-electron chi connectivity index (χ4n) is 2.06. The van der Waals surface area contributed by atoms with Gasteiger partial charge in [-0.05, 0) is 23.8 Å². The summed E-state index contributed by atoms with van der Waals surface area (Å²) in [4.78, 5) is 18.3. The first-order valence-electron chi connectivity index (χ1n) is 6.39. The Morgan fingerprint density at radius 2 is 2.14 bits per heavy atom. The van der Waals surface area contributed by atoms with E-state index in [0.29, 0.717) is 0 Å². The minimum Gasteiger partial charge on any atom is -0.481 e. The highest BCUT2D eigenvalue weighted by atomic mass is 35.5. The molecular weight excluding hydrogens is 306 g/mol. The molecule has 0 atom stereocenters. The molecule has 0 saturated heterocycles. The van der Waals surface area contributed by atoms with Crippen LogP contribution in [0, 0.1) is 10.1 Å². The molecule has 7 heteroatoms. The normalized spacial score (nSPS) is 10.6. The molecule has 0 aliphatic heterocycles. The van der Waals surface area contributed by atoms with E-state index in [1.165, 1.54) is 6.20 Å². The van der Waals surface area contributed by atoms with Crippen molar-refractivity contribution in [3.05, 3.63) is 69.6 Å². The van der Waals surface area contributed by atoms with Crippen LogP contribution in [0.2, 0.25) is 5.02 Å². The van der Waals surface area contributed by atoms with E-state index in [2.05, 4.69) is 9.97 Å². The number of benzene rings is 1. The highest BCUT2D eigenvalue weighted by molar-refractivity contribution is 6.32. The van der Waals surface area contributed by atoms with Crippen LogP contribution in [-0.2, 0) is 6.61 Å². The molecular formula is C15H10ClN3O3. The highest BCUT2D eigenvalue weighted by Crippen LogP contribution is 2.33. The van der Waals surface area contributed by atoms with E-state index in [9.17, 15) is 10.1 Å². The van der Waals surface area contributed by atoms with Crippen molar-refractivity contribution < 1.29 is 9.66 Å². The molecule has 1 aromatic carbocycles. The summed E-state index contributed by atoms with van der Waals surface area (Å²) in [6, 6.07) is 9.43. The molecule has 0 radical (unpaired) electrons. The van der Waals surface area contributed by atoms with Crippen LogP contribution in [0.15, 0.2) is 48.9 Å². The van der Waals surface area contributed by atoms with Crippen molar-refractivity contribution in [2.45, 2.75) is 6.61 Å². The summed E-state index contributed by atoms with van der Waals surface area (Å²) >= 11 is 5.93. The third-order valence-corrected chi connectivity index (χ3v) is 3.35. The van der Waals surface area contributed by atoms with Gasteiger partial charge in [0, 0.05) is 17.8 Å². The average molecular weight is 316 g/mol. The molecule has 6 nitrogen and oxygen atoms in total. The standard InChI is InChI=1S/C15H10ClN3O3/c16-12-7-17-8-14(19(20)21)15(12)22-9-10-3-4-13-11(6-10)2-1-5-18-13/h1-8H,9H2. The molecule has 2 heterocycles. The zero-order chi connectivity index (χ0) is 15.5. The Labute approximate surface area is 130 Å². The summed E-state index contributed by atoms with van der Waals surface area (Å²) in [5.74, 6) is 0.0213. The van der Waals surface area contributed by atoms with Crippen LogP contribution in [0.25, 0.3) is 10.9 Å². The summed E-state index contributed by atoms with van der Waals surface area (Å²) in [5.41, 5.74) is 1.48. The molecule has 0 fully saturated rings. The Kier molecular flexibility index (Phi) is 3.84. The van der Waals surface area contributed by atoms with Gasteiger partial charge in [-0.25, -0.2) is 0 Å². The van der Waals surface area contributed by atoms with Crippen molar-refractivity contribution in [3.63, 3.8) is 0 Å². The number of halogens is 1. The van der Waals surface area contributed by atoms with Gasteiger partial charge < -0.3 is 4.74 Å². The van der Waals surface area contributed by atoms with Gasteiger partial charge in [-0.3, -0.25) is 20.1 Å². The van der Waals surface area contributed by atoms with E-state index in [4.69, 9.17) is 16.3 Å². The topological polar surface area (TPSA) is 78.2 Å². The second kappa shape index (κ2) is 5.95. The van der Waals surface area contributed by atoms with Crippen LogP contribution in [0.5, 0.6) is 5.75 Å². The molecule has 22 heavy (non-hydrogen) atoms. The molecule has 0 aliphatic rings. The summed E-state index contributed by atoms with van der Waals surface area (Å²) < 4.78 is 5.53. The van der Waals surface area contributed by atoms with Crippen LogP contribution >= 0.6 is 11.6 Å². The number of nitrogens with zero attached hydrogens (tertiary/aromatic N) is 3. The smallest absolute Gasteiger partial charge is 0.330 e. The van der Waals surface area contributed by atoms with Crippen molar-refractivity contribution in [1.82, 2.24) is 9.97 Å². The van der Waals surface area contributed by atoms with Gasteiger partial charge in [0.1, 0.15) is 17.8 Å². The molecule has 3 aromatic rings. The van der Waals surface area contributed by atoms with Crippen LogP contribution in [0.3, 0.4) is 0 Å². The fourth-order valence-corrected chi connectivity index (χ4v) is 2.26. The van der Waals surface area contributed by atoms with Crippen molar-refractivity contribution in [3.8, 4) is 5.75 Å². The quantitative estimate of drug-likeness (QED) is 0.541. The van der Waals surface area contributed by atoms with Crippen molar-refractivity contribution in [2.75, 3.05) is 0 Å². The lowest BCUT2D eigenvalue weighted by Crippen LogP contribution is -2.00. The van der Waals surface area contributed by atoms with Crippen molar-refractivity contribution >= 4 is 28.2 Å². The molecule has 0 spiro atoms. The minimum absolute atomic E-state index is 0.0213. The molecule has 2 aromatic heterocycles. The summed E-state index contributed by atoms with van der Waals surface area (Å²) in [6.45, 7) is 0.162. The van der Waals surface area contributed by atoms with E-state index < -0.39 is 4.92 Å². The summed E-state index contributed by atoms with van der Waals surface area (Å²) in [5, 5.41) is 12.1. The SMILES string of the molecule is O=[N+]([O-])c1cncc(Cl)c1OCc1ccc2ncccc2c1. The predicted octanol–water partition coefficient (Wildman–Crippen LogP) is 3.77. The lowest BCUT2D eigenvalue weighted by atomic mass is 10.1. The fraction of sp³-hybridized carbons (Fsp3) is 0.0667. The number of nitro groups is 1. The molecule has 0 unspecified atom stereocenters. The van der Waals surface area contributed by atoms with Gasteiger partial charge in [0.15, 0.2) is 0 Å². The van der Waals surface area contributed by atoms with Gasteiger partial charge in [0.2, 0.25) is 5.75 Å². The molecule has 0 N–H and O–H groups in total. The van der Waals surface area contributed by atoms with Crippen molar-refractivity contribution in [1.29, 1.82) is 0 Å². The highest BCUT2D eigenvalue weighted by Gasteiger charge is 2.19. The molecule has 0 bridgehead atoms. The number of fused-ring (bicyclic) bond motifs is 1. The molecule has 3 rings (SSSR count). The Morgan fingerprint density at radius 3 is 2.95 bits per heavy atom. The predicted molar refractivity (Wildman–Crippen MR) is 82.0 cm³/mol. The summed E-state index contributed by atoms with van der Waals surface area (Å²) in [7, 11) is 0. The zero-order valence-corrected chi connectivity index (χ0v) is 12.0. The zero-order valence-electron chi connectivity index (χ0n) is 11.3. The second-order valence-corrected chi connectivity index (χ2v) is 4.95. The van der Waals surface area contributed by atoms with Gasteiger partial charge in [-0.1, -0.05) is 23.7 Å². The van der Waals surface area contributed by atoms with Crippen LogP contribution in [0.1, 0.15) is 5.56 Å². The maximum absolute atomic E-state index is 11.0. The third-order valence-electron chi connectivity index (χ3n) is 3.08. The third kappa shape index (κ3) is 2.82. The number of aromatic nitrogens is 2. The number of ether oxygens (including phenoxy) is 1. The van der Waals surface area contributed by atoms with Gasteiger partial charge in [0.25, 0.3) is 0 Å². The lowest BCUT2D eigenvalue weighted by molar-refractivity contribution is -0.386. The molecule has 0 aliphatic carbocycles. The first kappa shape index (κ1) is 14.2. The largest absolute Gasteiger partial charge is 0.481 e. The lowest BCUT2D eigenvalue weighted by Gasteiger charge is -2.08. The first-order chi connectivity index (χ1) is 10.6. The Hall–Kier alpha value is -2.73. The van der Waals surface area contributed by atoms with Crippen LogP contribution < -0.4 is 4.74 Å². The molecule has 110 valence electrons. The monoisotopic (exact) mass is 315 g/mol. The van der Waals surface area contributed by atoms with Crippen LogP contribution in [0.4, 0.5) is 5.69 Å². The van der Waals surface area contributed by atoms with Gasteiger partial charge in [-0.2, -0.15) is 0 Å². The first-order valence-corrected chi connectivity index (χ1v) is 6.77. The number of hydrogen-bond donors (Lipinski definition) is 0. The minimum atomic E-state index is -0.571. The Bertz CT molecular complexity index is 854. The molecule has 0 saturated carbocycles. The van der Waals surface area contributed by atoms with Gasteiger partial charge in [-0.15, -0.1) is 0 Å². The van der Waals surface area contributed by atoms with Crippen LogP contribution in [-0.4, -0.2) is 14.9 Å². The number of rotatable bonds is 4. The number of pyridine rings is 2. The Balaban J connectivity index is 1.86. The van der Waals surface area contributed by atoms with E-state index in [-0.39, 0.29) is 23.1 Å². The van der Waals surface area contributed by atoms with E-state index in [0.717, 1.165) is 22.7 Å². The van der Waals surface area contributed by atoms with Crippen molar-refractivity contribution in [2.24, 2.45) is 0 Å². The van der Waals surface area contributed by atoms with Gasteiger partial charge in [0.05, 0.1) is 10.4 Å². The van der Waals surface area contributed by atoms with E-state index >= 15 is 0 Å². The average Bonchev–Trinajstić information content (AvgIpc) is 2.53. The summed E-state index contributed by atoms with van der Waals surface area (Å²) in [6.07, 6.45) is 4.15. The number of hydrogen-bond acceptors (Lipinski definition) is 5. The van der Waals surface area contributed by atoms with E-state index in [1.807, 2.05) is 30.3 Å². The maximum atomic E-state index is 11.0. The molecule has 0 amide bonds.